The zero-order valence-electron chi connectivity index (χ0n) is 10.5. The molecule has 0 aromatic carbocycles. The number of unbranched alkanes of at least 4 members (excludes halogenated alkanes) is 4. The first-order chi connectivity index (χ1) is 7.91. The minimum absolute atomic E-state index is 0.676. The molecule has 0 aromatic heterocycles. The summed E-state index contributed by atoms with van der Waals surface area (Å²) in [5.41, 5.74) is 0. The average molecular weight is 228 g/mol. The standard InChI is InChI=1S/C12H24N2O2/c1-3-5-7-11-15-13-9-10-14-16-12-8-6-4-2/h9-10H,3-8,11-12H2,1-2H3/b13-9+,14-10+. The number of oxime groups is 2. The number of hydrogen-bond donors (Lipinski definition) is 0. The minimum atomic E-state index is 0.676. The van der Waals surface area contributed by atoms with Crippen LogP contribution in [0.25, 0.3) is 0 Å². The van der Waals surface area contributed by atoms with Crippen molar-refractivity contribution in [2.45, 2.75) is 52.4 Å². The van der Waals surface area contributed by atoms with Gasteiger partial charge in [-0.2, -0.15) is 0 Å². The summed E-state index contributed by atoms with van der Waals surface area (Å²) in [6.45, 7) is 5.67. The summed E-state index contributed by atoms with van der Waals surface area (Å²) < 4.78 is 0. The molecular formula is C12H24N2O2. The van der Waals surface area contributed by atoms with Gasteiger partial charge in [-0.3, -0.25) is 0 Å². The van der Waals surface area contributed by atoms with Gasteiger partial charge >= 0.3 is 0 Å². The van der Waals surface area contributed by atoms with E-state index in [2.05, 4.69) is 24.2 Å². The Morgan fingerprint density at radius 3 is 1.56 bits per heavy atom. The van der Waals surface area contributed by atoms with Crippen molar-refractivity contribution >= 4 is 12.4 Å². The van der Waals surface area contributed by atoms with Crippen LogP contribution in [0.3, 0.4) is 0 Å². The molecule has 94 valence electrons. The summed E-state index contributed by atoms with van der Waals surface area (Å²) in [7, 11) is 0. The van der Waals surface area contributed by atoms with Crippen molar-refractivity contribution in [1.82, 2.24) is 0 Å². The molecule has 4 nitrogen and oxygen atoms in total. The Morgan fingerprint density at radius 2 is 1.19 bits per heavy atom. The highest BCUT2D eigenvalue weighted by Crippen LogP contribution is 1.94. The van der Waals surface area contributed by atoms with Crippen LogP contribution in [0.2, 0.25) is 0 Å². The lowest BCUT2D eigenvalue weighted by Crippen LogP contribution is -1.90. The normalized spacial score (nSPS) is 11.4. The summed E-state index contributed by atoms with van der Waals surface area (Å²) in [6.07, 6.45) is 9.88. The Kier molecular flexibility index (Phi) is 13.0. The topological polar surface area (TPSA) is 43.2 Å². The van der Waals surface area contributed by atoms with Gasteiger partial charge in [0, 0.05) is 0 Å². The molecule has 0 bridgehead atoms. The smallest absolute Gasteiger partial charge is 0.117 e. The van der Waals surface area contributed by atoms with Crippen LogP contribution in [0.15, 0.2) is 10.3 Å². The van der Waals surface area contributed by atoms with Crippen LogP contribution in [0.4, 0.5) is 0 Å². The van der Waals surface area contributed by atoms with Crippen LogP contribution in [0.5, 0.6) is 0 Å². The molecule has 0 unspecified atom stereocenters. The van der Waals surface area contributed by atoms with Gasteiger partial charge in [0.15, 0.2) is 0 Å². The van der Waals surface area contributed by atoms with E-state index in [-0.39, 0.29) is 0 Å². The second-order valence-corrected chi connectivity index (χ2v) is 3.59. The second-order valence-electron chi connectivity index (χ2n) is 3.59. The highest BCUT2D eigenvalue weighted by atomic mass is 16.6. The van der Waals surface area contributed by atoms with Crippen molar-refractivity contribution in [3.05, 3.63) is 0 Å². The van der Waals surface area contributed by atoms with E-state index in [4.69, 9.17) is 9.68 Å². The van der Waals surface area contributed by atoms with Gasteiger partial charge in [0.2, 0.25) is 0 Å². The van der Waals surface area contributed by atoms with Crippen LogP contribution in [-0.4, -0.2) is 25.6 Å². The maximum Gasteiger partial charge on any atom is 0.117 e. The number of hydrogen-bond acceptors (Lipinski definition) is 4. The van der Waals surface area contributed by atoms with Gasteiger partial charge in [0.05, 0.1) is 12.4 Å². The predicted molar refractivity (Wildman–Crippen MR) is 67.9 cm³/mol. The van der Waals surface area contributed by atoms with Crippen LogP contribution < -0.4 is 0 Å². The highest BCUT2D eigenvalue weighted by Gasteiger charge is 1.85. The first kappa shape index (κ1) is 14.9. The van der Waals surface area contributed by atoms with Gasteiger partial charge in [-0.05, 0) is 12.8 Å². The fourth-order valence-electron chi connectivity index (χ4n) is 1.08. The second kappa shape index (κ2) is 13.9. The largest absolute Gasteiger partial charge is 0.396 e. The van der Waals surface area contributed by atoms with E-state index >= 15 is 0 Å². The van der Waals surface area contributed by atoms with Crippen molar-refractivity contribution in [2.24, 2.45) is 10.3 Å². The van der Waals surface area contributed by atoms with Crippen molar-refractivity contribution in [3.63, 3.8) is 0 Å². The van der Waals surface area contributed by atoms with E-state index in [1.165, 1.54) is 38.1 Å². The minimum Gasteiger partial charge on any atom is -0.396 e. The Labute approximate surface area is 98.7 Å². The summed E-state index contributed by atoms with van der Waals surface area (Å²) in [5.74, 6) is 0. The van der Waals surface area contributed by atoms with E-state index in [1.807, 2.05) is 0 Å². The lowest BCUT2D eigenvalue weighted by atomic mass is 10.3. The molecule has 0 heterocycles. The van der Waals surface area contributed by atoms with Crippen LogP contribution in [0.1, 0.15) is 52.4 Å². The van der Waals surface area contributed by atoms with Crippen molar-refractivity contribution in [3.8, 4) is 0 Å². The molecule has 0 radical (unpaired) electrons. The summed E-state index contributed by atoms with van der Waals surface area (Å²) >= 11 is 0. The van der Waals surface area contributed by atoms with Gasteiger partial charge in [-0.15, -0.1) is 0 Å². The molecular weight excluding hydrogens is 204 g/mol. The van der Waals surface area contributed by atoms with Gasteiger partial charge in [0.1, 0.15) is 13.2 Å². The van der Waals surface area contributed by atoms with Gasteiger partial charge < -0.3 is 9.68 Å². The Balaban J connectivity index is 3.15. The average Bonchev–Trinajstić information content (AvgIpc) is 2.31. The van der Waals surface area contributed by atoms with E-state index in [9.17, 15) is 0 Å². The SMILES string of the molecule is CCCCCO/N=C/C=N/OCCCCC. The monoisotopic (exact) mass is 228 g/mol. The first-order valence-electron chi connectivity index (χ1n) is 6.21. The molecule has 0 aliphatic carbocycles. The van der Waals surface area contributed by atoms with Crippen LogP contribution >= 0.6 is 0 Å². The molecule has 0 aliphatic heterocycles. The maximum atomic E-state index is 5.00. The third kappa shape index (κ3) is 12.9. The Bertz CT molecular complexity index is 162. The Hall–Kier alpha value is -1.06. The molecule has 0 amide bonds. The zero-order valence-corrected chi connectivity index (χ0v) is 10.5. The molecule has 0 saturated carbocycles. The van der Waals surface area contributed by atoms with Crippen molar-refractivity contribution in [2.75, 3.05) is 13.2 Å². The first-order valence-corrected chi connectivity index (χ1v) is 6.21. The van der Waals surface area contributed by atoms with Crippen molar-refractivity contribution < 1.29 is 9.68 Å². The lowest BCUT2D eigenvalue weighted by molar-refractivity contribution is 0.139. The fourth-order valence-corrected chi connectivity index (χ4v) is 1.08. The third-order valence-electron chi connectivity index (χ3n) is 2.02. The van der Waals surface area contributed by atoms with Crippen LogP contribution in [-0.2, 0) is 9.68 Å². The molecule has 0 aliphatic rings. The number of rotatable bonds is 11. The molecule has 0 spiro atoms. The molecule has 4 heteroatoms. The molecule has 0 saturated heterocycles. The molecule has 0 atom stereocenters. The van der Waals surface area contributed by atoms with Crippen LogP contribution in [0, 0.1) is 0 Å². The maximum absolute atomic E-state index is 5.00. The summed E-state index contributed by atoms with van der Waals surface area (Å²) in [5, 5.41) is 7.45. The van der Waals surface area contributed by atoms with Gasteiger partial charge in [-0.1, -0.05) is 49.8 Å². The van der Waals surface area contributed by atoms with Gasteiger partial charge in [-0.25, -0.2) is 0 Å². The lowest BCUT2D eigenvalue weighted by Gasteiger charge is -1.96. The van der Waals surface area contributed by atoms with Crippen molar-refractivity contribution in [1.29, 1.82) is 0 Å². The summed E-state index contributed by atoms with van der Waals surface area (Å²) in [6, 6.07) is 0. The molecule has 0 fully saturated rings. The fraction of sp³-hybridized carbons (Fsp3) is 0.833. The molecule has 16 heavy (non-hydrogen) atoms. The molecule has 0 N–H and O–H groups in total. The Morgan fingerprint density at radius 1 is 0.750 bits per heavy atom. The zero-order chi connectivity index (χ0) is 11.9. The summed E-state index contributed by atoms with van der Waals surface area (Å²) in [4.78, 5) is 10.0. The molecule has 0 rings (SSSR count). The van der Waals surface area contributed by atoms with E-state index in [0.717, 1.165) is 12.8 Å². The number of nitrogens with zero attached hydrogens (tertiary/aromatic N) is 2. The predicted octanol–water partition coefficient (Wildman–Crippen LogP) is 3.37. The molecule has 0 aromatic rings. The van der Waals surface area contributed by atoms with E-state index < -0.39 is 0 Å². The van der Waals surface area contributed by atoms with Gasteiger partial charge in [0.25, 0.3) is 0 Å². The quantitative estimate of drug-likeness (QED) is 0.309. The van der Waals surface area contributed by atoms with E-state index in [0.29, 0.717) is 13.2 Å². The highest BCUT2D eigenvalue weighted by molar-refractivity contribution is 6.15. The third-order valence-corrected chi connectivity index (χ3v) is 2.02. The van der Waals surface area contributed by atoms with E-state index in [1.54, 1.807) is 0 Å².